The van der Waals surface area contributed by atoms with Crippen molar-refractivity contribution >= 4 is 16.8 Å². The summed E-state index contributed by atoms with van der Waals surface area (Å²) in [7, 11) is 0. The van der Waals surface area contributed by atoms with Crippen LogP contribution in [0.25, 0.3) is 10.9 Å². The average molecular weight is 274 g/mol. The number of H-pyrrole nitrogens is 1. The van der Waals surface area contributed by atoms with Crippen LogP contribution in [0.2, 0.25) is 0 Å². The maximum atomic E-state index is 12.3. The van der Waals surface area contributed by atoms with Gasteiger partial charge in [-0.3, -0.25) is 4.79 Å². The van der Waals surface area contributed by atoms with E-state index in [1.165, 1.54) is 5.56 Å². The van der Waals surface area contributed by atoms with Gasteiger partial charge in [0.1, 0.15) is 5.69 Å². The molecular formula is C16H22N2O2. The van der Waals surface area contributed by atoms with E-state index in [-0.39, 0.29) is 5.91 Å². The molecule has 0 spiro atoms. The minimum Gasteiger partial charge on any atom is -0.378 e. The van der Waals surface area contributed by atoms with Gasteiger partial charge in [0.15, 0.2) is 0 Å². The largest absolute Gasteiger partial charge is 0.378 e. The molecule has 1 N–H and O–H groups in total. The molecule has 1 saturated heterocycles. The standard InChI is InChI=1S/C14H16N2O2.C2H6/c1-10-2-3-12-11(8-10)9-13(15-12)14(17)16-4-6-18-7-5-16;1-2/h2-3,8-9,15H,4-7H2,1H3;1-2H3. The van der Waals surface area contributed by atoms with Crippen molar-refractivity contribution in [3.8, 4) is 0 Å². The summed E-state index contributed by atoms with van der Waals surface area (Å²) in [6, 6.07) is 8.07. The predicted octanol–water partition coefficient (Wildman–Crippen LogP) is 2.97. The van der Waals surface area contributed by atoms with Crippen LogP contribution in [-0.2, 0) is 4.74 Å². The number of carbonyl (C=O) groups excluding carboxylic acids is 1. The minimum absolute atomic E-state index is 0.0622. The minimum atomic E-state index is 0.0622. The molecule has 1 aliphatic heterocycles. The van der Waals surface area contributed by atoms with E-state index in [1.54, 1.807) is 0 Å². The molecule has 2 aromatic rings. The summed E-state index contributed by atoms with van der Waals surface area (Å²) >= 11 is 0. The van der Waals surface area contributed by atoms with E-state index < -0.39 is 0 Å². The first-order valence-corrected chi connectivity index (χ1v) is 7.20. The number of aromatic nitrogens is 1. The Kier molecular flexibility index (Phi) is 4.79. The molecule has 1 aromatic heterocycles. The second-order valence-electron chi connectivity index (χ2n) is 4.68. The van der Waals surface area contributed by atoms with E-state index >= 15 is 0 Å². The van der Waals surface area contributed by atoms with E-state index in [0.717, 1.165) is 10.9 Å². The number of hydrogen-bond donors (Lipinski definition) is 1. The zero-order chi connectivity index (χ0) is 14.5. The van der Waals surface area contributed by atoms with Crippen LogP contribution in [0, 0.1) is 6.92 Å². The molecule has 2 heterocycles. The molecule has 1 aliphatic rings. The maximum absolute atomic E-state index is 12.3. The molecule has 0 aliphatic carbocycles. The van der Waals surface area contributed by atoms with Gasteiger partial charge in [0, 0.05) is 24.0 Å². The van der Waals surface area contributed by atoms with E-state index in [2.05, 4.69) is 18.0 Å². The van der Waals surface area contributed by atoms with E-state index in [9.17, 15) is 4.79 Å². The van der Waals surface area contributed by atoms with Gasteiger partial charge in [0.2, 0.25) is 0 Å². The van der Waals surface area contributed by atoms with E-state index in [0.29, 0.717) is 32.0 Å². The zero-order valence-corrected chi connectivity index (χ0v) is 12.4. The van der Waals surface area contributed by atoms with Gasteiger partial charge in [0.05, 0.1) is 13.2 Å². The third kappa shape index (κ3) is 3.02. The Hall–Kier alpha value is -1.81. The first-order valence-electron chi connectivity index (χ1n) is 7.20. The molecule has 108 valence electrons. The normalized spacial score (nSPS) is 14.8. The number of rotatable bonds is 1. The van der Waals surface area contributed by atoms with E-state index in [4.69, 9.17) is 4.74 Å². The number of aromatic amines is 1. The number of hydrogen-bond acceptors (Lipinski definition) is 2. The van der Waals surface area contributed by atoms with Gasteiger partial charge in [0.25, 0.3) is 5.91 Å². The number of nitrogens with zero attached hydrogens (tertiary/aromatic N) is 1. The number of morpholine rings is 1. The molecule has 1 fully saturated rings. The number of amides is 1. The molecule has 20 heavy (non-hydrogen) atoms. The van der Waals surface area contributed by atoms with Gasteiger partial charge in [-0.1, -0.05) is 25.5 Å². The van der Waals surface area contributed by atoms with Crippen LogP contribution < -0.4 is 0 Å². The van der Waals surface area contributed by atoms with Crippen LogP contribution >= 0.6 is 0 Å². The Bertz CT molecular complexity index is 583. The maximum Gasteiger partial charge on any atom is 0.270 e. The summed E-state index contributed by atoms with van der Waals surface area (Å²) in [5.74, 6) is 0.0622. The number of ether oxygens (including phenoxy) is 1. The zero-order valence-electron chi connectivity index (χ0n) is 12.4. The van der Waals surface area contributed by atoms with Crippen LogP contribution in [0.3, 0.4) is 0 Å². The smallest absolute Gasteiger partial charge is 0.270 e. The molecule has 4 nitrogen and oxygen atoms in total. The highest BCUT2D eigenvalue weighted by molar-refractivity contribution is 5.98. The third-order valence-electron chi connectivity index (χ3n) is 3.30. The first kappa shape index (κ1) is 14.6. The van der Waals surface area contributed by atoms with Crippen LogP contribution in [0.4, 0.5) is 0 Å². The fraction of sp³-hybridized carbons (Fsp3) is 0.438. The SMILES string of the molecule is CC.Cc1ccc2[nH]c(C(=O)N3CCOCC3)cc2c1. The van der Waals surface area contributed by atoms with Crippen molar-refractivity contribution in [2.45, 2.75) is 20.8 Å². The first-order chi connectivity index (χ1) is 9.74. The second kappa shape index (κ2) is 6.57. The van der Waals surface area contributed by atoms with Crippen molar-refractivity contribution < 1.29 is 9.53 Å². The van der Waals surface area contributed by atoms with Gasteiger partial charge < -0.3 is 14.6 Å². The van der Waals surface area contributed by atoms with Crippen molar-refractivity contribution in [3.63, 3.8) is 0 Å². The van der Waals surface area contributed by atoms with Crippen LogP contribution in [0.15, 0.2) is 24.3 Å². The van der Waals surface area contributed by atoms with Crippen molar-refractivity contribution in [1.29, 1.82) is 0 Å². The summed E-state index contributed by atoms with van der Waals surface area (Å²) in [5, 5.41) is 1.09. The Morgan fingerprint density at radius 1 is 1.20 bits per heavy atom. The summed E-state index contributed by atoms with van der Waals surface area (Å²) in [6.07, 6.45) is 0. The Morgan fingerprint density at radius 2 is 1.90 bits per heavy atom. The monoisotopic (exact) mass is 274 g/mol. The lowest BCUT2D eigenvalue weighted by molar-refractivity contribution is 0.0299. The summed E-state index contributed by atoms with van der Waals surface area (Å²) in [5.41, 5.74) is 2.88. The predicted molar refractivity (Wildman–Crippen MR) is 81.1 cm³/mol. The molecule has 0 atom stereocenters. The summed E-state index contributed by atoms with van der Waals surface area (Å²) in [6.45, 7) is 8.66. The molecule has 0 bridgehead atoms. The molecule has 4 heteroatoms. The van der Waals surface area contributed by atoms with Gasteiger partial charge in [-0.25, -0.2) is 0 Å². The van der Waals surface area contributed by atoms with Crippen LogP contribution in [0.1, 0.15) is 29.9 Å². The van der Waals surface area contributed by atoms with Gasteiger partial charge in [-0.05, 0) is 25.1 Å². The van der Waals surface area contributed by atoms with Crippen LogP contribution in [0.5, 0.6) is 0 Å². The van der Waals surface area contributed by atoms with Crippen molar-refractivity contribution in [1.82, 2.24) is 9.88 Å². The quantitative estimate of drug-likeness (QED) is 0.869. The number of benzene rings is 1. The fourth-order valence-electron chi connectivity index (χ4n) is 2.30. The highest BCUT2D eigenvalue weighted by Gasteiger charge is 2.19. The lowest BCUT2D eigenvalue weighted by atomic mass is 10.2. The molecular weight excluding hydrogens is 252 g/mol. The number of nitrogens with one attached hydrogen (secondary N) is 1. The highest BCUT2D eigenvalue weighted by atomic mass is 16.5. The summed E-state index contributed by atoms with van der Waals surface area (Å²) in [4.78, 5) is 17.3. The van der Waals surface area contributed by atoms with Gasteiger partial charge in [-0.2, -0.15) is 0 Å². The Morgan fingerprint density at radius 3 is 2.60 bits per heavy atom. The molecule has 3 rings (SSSR count). The highest BCUT2D eigenvalue weighted by Crippen LogP contribution is 2.18. The molecule has 1 aromatic carbocycles. The molecule has 0 unspecified atom stereocenters. The second-order valence-corrected chi connectivity index (χ2v) is 4.68. The average Bonchev–Trinajstić information content (AvgIpc) is 2.92. The third-order valence-corrected chi connectivity index (χ3v) is 3.30. The van der Waals surface area contributed by atoms with Crippen molar-refractivity contribution in [3.05, 3.63) is 35.5 Å². The number of aryl methyl sites for hydroxylation is 1. The molecule has 0 saturated carbocycles. The lowest BCUT2D eigenvalue weighted by Gasteiger charge is -2.26. The lowest BCUT2D eigenvalue weighted by Crippen LogP contribution is -2.40. The van der Waals surface area contributed by atoms with Gasteiger partial charge >= 0.3 is 0 Å². The number of carbonyl (C=O) groups is 1. The fourth-order valence-corrected chi connectivity index (χ4v) is 2.30. The van der Waals surface area contributed by atoms with Gasteiger partial charge in [-0.15, -0.1) is 0 Å². The topological polar surface area (TPSA) is 45.3 Å². The Balaban J connectivity index is 0.000000704. The summed E-state index contributed by atoms with van der Waals surface area (Å²) < 4.78 is 5.26. The molecule has 0 radical (unpaired) electrons. The van der Waals surface area contributed by atoms with Crippen molar-refractivity contribution in [2.24, 2.45) is 0 Å². The van der Waals surface area contributed by atoms with Crippen LogP contribution in [-0.4, -0.2) is 42.1 Å². The number of fused-ring (bicyclic) bond motifs is 1. The van der Waals surface area contributed by atoms with Crippen molar-refractivity contribution in [2.75, 3.05) is 26.3 Å². The Labute approximate surface area is 119 Å². The molecule has 1 amide bonds. The van der Waals surface area contributed by atoms with E-state index in [1.807, 2.05) is 36.9 Å².